The molecule has 3 N–H and O–H groups in total. The number of aromatic amines is 1. The molecule has 3 aromatic rings. The summed E-state index contributed by atoms with van der Waals surface area (Å²) in [5.41, 5.74) is 5.48. The van der Waals surface area contributed by atoms with Crippen molar-refractivity contribution in [3.8, 4) is 0 Å². The minimum atomic E-state index is -0.627. The minimum absolute atomic E-state index is 0.0169. The number of nitrogens with one attached hydrogen (secondary N) is 1. The number of H-pyrrole nitrogens is 1. The first-order valence-electron chi connectivity index (χ1n) is 9.42. The van der Waals surface area contributed by atoms with E-state index in [0.29, 0.717) is 12.2 Å². The van der Waals surface area contributed by atoms with E-state index >= 15 is 0 Å². The van der Waals surface area contributed by atoms with Gasteiger partial charge in [-0.2, -0.15) is 0 Å². The van der Waals surface area contributed by atoms with Crippen LogP contribution in [-0.2, 0) is 27.2 Å². The summed E-state index contributed by atoms with van der Waals surface area (Å²) in [5.74, 6) is 0.0169. The van der Waals surface area contributed by atoms with Gasteiger partial charge in [0.05, 0.1) is 13.1 Å². The molecule has 1 aromatic carbocycles. The van der Waals surface area contributed by atoms with Crippen molar-refractivity contribution in [3.63, 3.8) is 0 Å². The Balaban J connectivity index is 2.08. The second-order valence-electron chi connectivity index (χ2n) is 6.95. The Morgan fingerprint density at radius 3 is 2.33 bits per heavy atom. The lowest BCUT2D eigenvalue weighted by Crippen LogP contribution is -2.41. The highest BCUT2D eigenvalue weighted by Crippen LogP contribution is 2.19. The molecule has 30 heavy (non-hydrogen) atoms. The molecule has 158 valence electrons. The molecule has 10 nitrogen and oxygen atoms in total. The van der Waals surface area contributed by atoms with Crippen molar-refractivity contribution < 1.29 is 0 Å². The Labute approximate surface area is 171 Å². The van der Waals surface area contributed by atoms with Gasteiger partial charge in [0.25, 0.3) is 11.1 Å². The average Bonchev–Trinajstić information content (AvgIpc) is 2.73. The fraction of sp³-hybridized carbons (Fsp3) is 0.300. The quantitative estimate of drug-likeness (QED) is 0.567. The van der Waals surface area contributed by atoms with Crippen molar-refractivity contribution in [1.82, 2.24) is 18.7 Å². The molecule has 0 unspecified atom stereocenters. The van der Waals surface area contributed by atoms with Crippen molar-refractivity contribution in [2.45, 2.75) is 20.0 Å². The average molecular weight is 412 g/mol. The normalized spacial score (nSPS) is 10.9. The summed E-state index contributed by atoms with van der Waals surface area (Å²) in [6.45, 7) is 2.46. The molecule has 10 heteroatoms. The van der Waals surface area contributed by atoms with Crippen molar-refractivity contribution in [3.05, 3.63) is 89.3 Å². The number of nitrogens with zero attached hydrogens (tertiary/aromatic N) is 4. The molecule has 0 fully saturated rings. The molecule has 0 aliphatic rings. The molecule has 0 aliphatic carbocycles. The van der Waals surface area contributed by atoms with E-state index in [1.165, 1.54) is 22.2 Å². The summed E-state index contributed by atoms with van der Waals surface area (Å²) >= 11 is 0. The fourth-order valence-electron chi connectivity index (χ4n) is 3.28. The van der Waals surface area contributed by atoms with Gasteiger partial charge in [0, 0.05) is 32.4 Å². The van der Waals surface area contributed by atoms with Gasteiger partial charge >= 0.3 is 11.4 Å². The summed E-state index contributed by atoms with van der Waals surface area (Å²) in [4.78, 5) is 53.2. The van der Waals surface area contributed by atoms with Gasteiger partial charge in [0.1, 0.15) is 11.5 Å². The number of nitrogens with two attached hydrogens (primary N) is 1. The van der Waals surface area contributed by atoms with E-state index in [-0.39, 0.29) is 24.6 Å². The van der Waals surface area contributed by atoms with Crippen LogP contribution in [0.15, 0.2) is 55.6 Å². The van der Waals surface area contributed by atoms with Crippen molar-refractivity contribution in [2.24, 2.45) is 14.1 Å². The Bertz CT molecular complexity index is 1300. The van der Waals surface area contributed by atoms with Crippen LogP contribution in [-0.4, -0.2) is 25.2 Å². The molecule has 2 aromatic heterocycles. The number of nitrogen functional groups attached to an aromatic ring is 1. The molecule has 0 atom stereocenters. The molecular weight excluding hydrogens is 388 g/mol. The van der Waals surface area contributed by atoms with Crippen molar-refractivity contribution in [2.75, 3.05) is 17.2 Å². The standard InChI is InChI=1S/C20H24N6O4/c1-4-25(12-14-10-15(27)24(3)20(30)23(14)2)16-17(21)26(19(29)22-18(16)28)11-13-8-6-5-7-9-13/h5-10H,4,11-12,21H2,1-3H3,(H,22,28,29). The Kier molecular flexibility index (Phi) is 5.77. The van der Waals surface area contributed by atoms with E-state index < -0.39 is 22.5 Å². The van der Waals surface area contributed by atoms with E-state index in [1.807, 2.05) is 37.3 Å². The summed E-state index contributed by atoms with van der Waals surface area (Å²) in [7, 11) is 2.95. The molecule has 0 spiro atoms. The van der Waals surface area contributed by atoms with Gasteiger partial charge in [0.2, 0.25) is 0 Å². The third-order valence-corrected chi connectivity index (χ3v) is 5.07. The third-order valence-electron chi connectivity index (χ3n) is 5.07. The number of hydrogen-bond donors (Lipinski definition) is 2. The van der Waals surface area contributed by atoms with Gasteiger partial charge in [-0.3, -0.25) is 28.3 Å². The van der Waals surface area contributed by atoms with Crippen LogP contribution in [0.4, 0.5) is 11.5 Å². The van der Waals surface area contributed by atoms with E-state index in [9.17, 15) is 19.2 Å². The van der Waals surface area contributed by atoms with Crippen molar-refractivity contribution in [1.29, 1.82) is 0 Å². The molecule has 2 heterocycles. The monoisotopic (exact) mass is 412 g/mol. The number of anilines is 2. The molecular formula is C20H24N6O4. The first kappa shape index (κ1) is 20.9. The largest absolute Gasteiger partial charge is 0.383 e. The molecule has 0 aliphatic heterocycles. The summed E-state index contributed by atoms with van der Waals surface area (Å²) in [5, 5.41) is 0. The Hall–Kier alpha value is -3.82. The Morgan fingerprint density at radius 1 is 1.03 bits per heavy atom. The summed E-state index contributed by atoms with van der Waals surface area (Å²) in [6.07, 6.45) is 0. The van der Waals surface area contributed by atoms with E-state index in [1.54, 1.807) is 11.9 Å². The number of benzene rings is 1. The number of rotatable bonds is 6. The minimum Gasteiger partial charge on any atom is -0.383 e. The van der Waals surface area contributed by atoms with Crippen LogP contribution < -0.4 is 33.1 Å². The topological polar surface area (TPSA) is 128 Å². The summed E-state index contributed by atoms with van der Waals surface area (Å²) < 4.78 is 3.63. The highest BCUT2D eigenvalue weighted by Gasteiger charge is 2.20. The number of aromatic nitrogens is 4. The smallest absolute Gasteiger partial charge is 0.330 e. The van der Waals surface area contributed by atoms with Gasteiger partial charge in [-0.25, -0.2) is 9.59 Å². The van der Waals surface area contributed by atoms with Crippen molar-refractivity contribution >= 4 is 11.5 Å². The van der Waals surface area contributed by atoms with E-state index in [2.05, 4.69) is 4.98 Å². The fourth-order valence-corrected chi connectivity index (χ4v) is 3.28. The lowest BCUT2D eigenvalue weighted by atomic mass is 10.2. The predicted molar refractivity (Wildman–Crippen MR) is 115 cm³/mol. The van der Waals surface area contributed by atoms with Crippen LogP contribution in [0.5, 0.6) is 0 Å². The predicted octanol–water partition coefficient (Wildman–Crippen LogP) is -0.409. The molecule has 0 bridgehead atoms. The molecule has 0 saturated carbocycles. The zero-order valence-corrected chi connectivity index (χ0v) is 17.1. The van der Waals surface area contributed by atoms with Crippen LogP contribution >= 0.6 is 0 Å². The van der Waals surface area contributed by atoms with Crippen LogP contribution in [0.25, 0.3) is 0 Å². The maximum Gasteiger partial charge on any atom is 0.330 e. The van der Waals surface area contributed by atoms with Gasteiger partial charge < -0.3 is 10.6 Å². The van der Waals surface area contributed by atoms with Gasteiger partial charge in [-0.15, -0.1) is 0 Å². The maximum atomic E-state index is 12.6. The van der Waals surface area contributed by atoms with Gasteiger partial charge in [0.15, 0.2) is 0 Å². The van der Waals surface area contributed by atoms with Gasteiger partial charge in [-0.1, -0.05) is 30.3 Å². The van der Waals surface area contributed by atoms with Crippen LogP contribution in [0.3, 0.4) is 0 Å². The zero-order valence-electron chi connectivity index (χ0n) is 17.1. The highest BCUT2D eigenvalue weighted by molar-refractivity contribution is 5.62. The van der Waals surface area contributed by atoms with E-state index in [4.69, 9.17) is 5.73 Å². The lowest BCUT2D eigenvalue weighted by molar-refractivity contribution is 0.634. The van der Waals surface area contributed by atoms with Crippen LogP contribution in [0.2, 0.25) is 0 Å². The molecule has 3 rings (SSSR count). The number of hydrogen-bond acceptors (Lipinski definition) is 6. The lowest BCUT2D eigenvalue weighted by Gasteiger charge is -2.25. The first-order valence-corrected chi connectivity index (χ1v) is 9.42. The Morgan fingerprint density at radius 2 is 1.70 bits per heavy atom. The molecule has 0 saturated heterocycles. The molecule has 0 amide bonds. The summed E-state index contributed by atoms with van der Waals surface area (Å²) in [6, 6.07) is 10.6. The van der Waals surface area contributed by atoms with Crippen LogP contribution in [0.1, 0.15) is 18.2 Å². The van der Waals surface area contributed by atoms with Crippen LogP contribution in [0, 0.1) is 0 Å². The SMILES string of the molecule is CCN(Cc1cc(=O)n(C)c(=O)n1C)c1c(N)n(Cc2ccccc2)c(=O)[nH]c1=O. The second kappa shape index (κ2) is 8.27. The second-order valence-corrected chi connectivity index (χ2v) is 6.95. The first-order chi connectivity index (χ1) is 14.2. The molecule has 0 radical (unpaired) electrons. The maximum absolute atomic E-state index is 12.6. The zero-order chi connectivity index (χ0) is 22.0. The van der Waals surface area contributed by atoms with E-state index in [0.717, 1.165) is 10.1 Å². The highest BCUT2D eigenvalue weighted by atomic mass is 16.2. The van der Waals surface area contributed by atoms with Gasteiger partial charge in [-0.05, 0) is 12.5 Å². The third kappa shape index (κ3) is 3.84.